The number of anilines is 1. The summed E-state index contributed by atoms with van der Waals surface area (Å²) < 4.78 is 35.5. The summed E-state index contributed by atoms with van der Waals surface area (Å²) in [5.41, 5.74) is 0.966. The number of ether oxygens (including phenoxy) is 1. The van der Waals surface area contributed by atoms with Crippen molar-refractivity contribution in [1.29, 1.82) is 0 Å². The molecule has 0 bridgehead atoms. The summed E-state index contributed by atoms with van der Waals surface area (Å²) in [6, 6.07) is 0. The molecule has 0 amide bonds. The van der Waals surface area contributed by atoms with E-state index in [1.807, 2.05) is 0 Å². The van der Waals surface area contributed by atoms with Crippen LogP contribution in [0.25, 0.3) is 11.2 Å². The van der Waals surface area contributed by atoms with Gasteiger partial charge in [-0.25, -0.2) is 18.4 Å². The van der Waals surface area contributed by atoms with Gasteiger partial charge in [0.1, 0.15) is 6.33 Å². The lowest BCUT2D eigenvalue weighted by molar-refractivity contribution is 0.00702. The molecule has 1 atom stereocenters. The van der Waals surface area contributed by atoms with E-state index < -0.39 is 10.0 Å². The number of hydrogen-bond donors (Lipinski definition) is 1. The van der Waals surface area contributed by atoms with Crippen molar-refractivity contribution in [3.05, 3.63) is 12.2 Å². The second kappa shape index (κ2) is 5.78. The Hall–Kier alpha value is -1.78. The van der Waals surface area contributed by atoms with Gasteiger partial charge in [0.25, 0.3) is 5.71 Å². The van der Waals surface area contributed by atoms with Crippen LogP contribution in [0.2, 0.25) is 0 Å². The molecule has 120 valence electrons. The van der Waals surface area contributed by atoms with Crippen LogP contribution >= 0.6 is 0 Å². The van der Waals surface area contributed by atoms with E-state index in [9.17, 15) is 8.42 Å². The Labute approximate surface area is 127 Å². The number of sulfonamides is 1. The van der Waals surface area contributed by atoms with Crippen molar-refractivity contribution in [2.24, 2.45) is 0 Å². The molecule has 1 unspecified atom stereocenters. The highest BCUT2D eigenvalue weighted by molar-refractivity contribution is 7.88. The molecule has 1 N–H and O–H groups in total. The normalized spacial score (nSPS) is 20.4. The van der Waals surface area contributed by atoms with Crippen LogP contribution in [0.1, 0.15) is 5.89 Å². The first-order chi connectivity index (χ1) is 10.4. The second-order valence-electron chi connectivity index (χ2n) is 5.10. The molecule has 0 aromatic carbocycles. The number of aromatic nitrogens is 3. The molecule has 22 heavy (non-hydrogen) atoms. The monoisotopic (exact) mass is 327 g/mol. The fourth-order valence-corrected chi connectivity index (χ4v) is 3.16. The summed E-state index contributed by atoms with van der Waals surface area (Å²) in [5.74, 6) is 1.05. The Morgan fingerprint density at radius 3 is 3.05 bits per heavy atom. The lowest BCUT2D eigenvalue weighted by atomic mass is 10.3. The first-order valence-corrected chi connectivity index (χ1v) is 8.67. The third-order valence-corrected chi connectivity index (χ3v) is 4.64. The quantitative estimate of drug-likeness (QED) is 0.835. The Bertz CT molecular complexity index is 775. The zero-order chi connectivity index (χ0) is 15.7. The first kappa shape index (κ1) is 15.1. The molecule has 3 rings (SSSR count). The minimum Gasteiger partial charge on any atom is -0.422 e. The van der Waals surface area contributed by atoms with Crippen molar-refractivity contribution in [1.82, 2.24) is 19.3 Å². The predicted molar refractivity (Wildman–Crippen MR) is 79.0 cm³/mol. The van der Waals surface area contributed by atoms with Crippen LogP contribution in [-0.4, -0.2) is 66.3 Å². The minimum absolute atomic E-state index is 0.249. The summed E-state index contributed by atoms with van der Waals surface area (Å²) >= 11 is 0. The van der Waals surface area contributed by atoms with Crippen molar-refractivity contribution in [3.8, 4) is 0 Å². The van der Waals surface area contributed by atoms with Gasteiger partial charge in [0.05, 0.1) is 19.0 Å². The second-order valence-corrected chi connectivity index (χ2v) is 7.09. The van der Waals surface area contributed by atoms with Crippen molar-refractivity contribution in [3.63, 3.8) is 0 Å². The minimum atomic E-state index is -3.20. The number of aryl methyl sites for hydroxylation is 1. The molecule has 0 aliphatic carbocycles. The highest BCUT2D eigenvalue weighted by Gasteiger charge is 2.26. The van der Waals surface area contributed by atoms with Crippen molar-refractivity contribution < 1.29 is 17.6 Å². The van der Waals surface area contributed by atoms with Gasteiger partial charge in [-0.15, -0.1) is 0 Å². The van der Waals surface area contributed by atoms with Gasteiger partial charge in [0.15, 0.2) is 17.2 Å². The molecular formula is C12H17N5O4S. The van der Waals surface area contributed by atoms with Crippen LogP contribution in [0.4, 0.5) is 5.82 Å². The molecule has 1 saturated heterocycles. The van der Waals surface area contributed by atoms with Crippen LogP contribution in [0.3, 0.4) is 0 Å². The van der Waals surface area contributed by atoms with Crippen molar-refractivity contribution >= 4 is 27.1 Å². The SMILES string of the molecule is Cc1nc2c(NCC3CN(S(C)(=O)=O)CCO3)ncnc2o1. The summed E-state index contributed by atoms with van der Waals surface area (Å²) in [5, 5.41) is 3.12. The molecule has 9 nitrogen and oxygen atoms in total. The van der Waals surface area contributed by atoms with Crippen molar-refractivity contribution in [2.75, 3.05) is 37.8 Å². The fraction of sp³-hybridized carbons (Fsp3) is 0.583. The number of nitrogens with zero attached hydrogens (tertiary/aromatic N) is 4. The molecule has 10 heteroatoms. The van der Waals surface area contributed by atoms with Gasteiger partial charge in [0.2, 0.25) is 10.0 Å². The van der Waals surface area contributed by atoms with E-state index in [0.717, 1.165) is 0 Å². The Kier molecular flexibility index (Phi) is 3.98. The molecule has 2 aromatic rings. The molecule has 0 spiro atoms. The van der Waals surface area contributed by atoms with Gasteiger partial charge in [-0.05, 0) is 0 Å². The lowest BCUT2D eigenvalue weighted by Crippen LogP contribution is -2.47. The smallest absolute Gasteiger partial charge is 0.252 e. The maximum atomic E-state index is 11.6. The predicted octanol–water partition coefficient (Wildman–Crippen LogP) is -0.00148. The fourth-order valence-electron chi connectivity index (χ4n) is 2.32. The number of morpholine rings is 1. The third-order valence-electron chi connectivity index (χ3n) is 3.37. The highest BCUT2D eigenvalue weighted by atomic mass is 32.2. The van der Waals surface area contributed by atoms with Crippen LogP contribution in [-0.2, 0) is 14.8 Å². The lowest BCUT2D eigenvalue weighted by Gasteiger charge is -2.31. The average Bonchev–Trinajstić information content (AvgIpc) is 2.85. The van der Waals surface area contributed by atoms with E-state index in [-0.39, 0.29) is 6.10 Å². The summed E-state index contributed by atoms with van der Waals surface area (Å²) in [6.45, 7) is 3.23. The van der Waals surface area contributed by atoms with Gasteiger partial charge < -0.3 is 14.5 Å². The average molecular weight is 327 g/mol. The van der Waals surface area contributed by atoms with Crippen LogP contribution in [0, 0.1) is 6.92 Å². The van der Waals surface area contributed by atoms with Gasteiger partial charge in [0, 0.05) is 26.6 Å². The Balaban J connectivity index is 1.69. The summed E-state index contributed by atoms with van der Waals surface area (Å²) in [4.78, 5) is 12.4. The van der Waals surface area contributed by atoms with E-state index >= 15 is 0 Å². The zero-order valence-corrected chi connectivity index (χ0v) is 13.1. The summed E-state index contributed by atoms with van der Waals surface area (Å²) in [6.07, 6.45) is 2.34. The molecule has 1 fully saturated rings. The van der Waals surface area contributed by atoms with Gasteiger partial charge in [-0.1, -0.05) is 0 Å². The van der Waals surface area contributed by atoms with E-state index in [0.29, 0.717) is 49.2 Å². The molecule has 0 radical (unpaired) electrons. The number of rotatable bonds is 4. The number of fused-ring (bicyclic) bond motifs is 1. The van der Waals surface area contributed by atoms with E-state index in [1.165, 1.54) is 16.9 Å². The molecule has 0 saturated carbocycles. The zero-order valence-electron chi connectivity index (χ0n) is 12.3. The van der Waals surface area contributed by atoms with E-state index in [2.05, 4.69) is 20.3 Å². The van der Waals surface area contributed by atoms with Gasteiger partial charge >= 0.3 is 0 Å². The topological polar surface area (TPSA) is 110 Å². The third kappa shape index (κ3) is 3.18. The van der Waals surface area contributed by atoms with E-state index in [1.54, 1.807) is 6.92 Å². The molecule has 2 aromatic heterocycles. The van der Waals surface area contributed by atoms with E-state index in [4.69, 9.17) is 9.15 Å². The maximum absolute atomic E-state index is 11.6. The Morgan fingerprint density at radius 2 is 2.27 bits per heavy atom. The number of oxazole rings is 1. The first-order valence-electron chi connectivity index (χ1n) is 6.82. The van der Waals surface area contributed by atoms with Gasteiger partial charge in [-0.3, -0.25) is 0 Å². The number of hydrogen-bond acceptors (Lipinski definition) is 8. The molecule has 1 aliphatic rings. The van der Waals surface area contributed by atoms with Crippen molar-refractivity contribution in [2.45, 2.75) is 13.0 Å². The molecule has 3 heterocycles. The number of nitrogens with one attached hydrogen (secondary N) is 1. The summed E-state index contributed by atoms with van der Waals surface area (Å²) in [7, 11) is -3.20. The van der Waals surface area contributed by atoms with Crippen LogP contribution in [0.15, 0.2) is 10.7 Å². The highest BCUT2D eigenvalue weighted by Crippen LogP contribution is 2.19. The molecular weight excluding hydrogens is 310 g/mol. The Morgan fingerprint density at radius 1 is 1.45 bits per heavy atom. The van der Waals surface area contributed by atoms with Crippen LogP contribution in [0.5, 0.6) is 0 Å². The maximum Gasteiger partial charge on any atom is 0.252 e. The molecule has 1 aliphatic heterocycles. The largest absolute Gasteiger partial charge is 0.422 e. The van der Waals surface area contributed by atoms with Crippen LogP contribution < -0.4 is 5.32 Å². The van der Waals surface area contributed by atoms with Gasteiger partial charge in [-0.2, -0.15) is 9.29 Å². The standard InChI is InChI=1S/C12H17N5O4S/c1-8-16-10-11(14-7-15-12(10)21-8)13-5-9-6-17(3-4-20-9)22(2,18)19/h7,9H,3-6H2,1-2H3,(H,13,14,15).